The molecule has 2 atom stereocenters. The first-order chi connectivity index (χ1) is 9.13. The number of nitrogens with zero attached hydrogens (tertiary/aromatic N) is 1. The number of carbonyl (C=O) groups excluding carboxylic acids is 2. The lowest BCUT2D eigenvalue weighted by Gasteiger charge is -2.43. The molecule has 19 heavy (non-hydrogen) atoms. The zero-order valence-corrected chi connectivity index (χ0v) is 10.8. The van der Waals surface area contributed by atoms with Crippen LogP contribution in [-0.4, -0.2) is 32.1 Å². The number of benzene rings is 1. The van der Waals surface area contributed by atoms with Crippen molar-refractivity contribution in [2.75, 3.05) is 19.1 Å². The molecule has 1 heterocycles. The molecule has 5 heteroatoms. The van der Waals surface area contributed by atoms with Crippen LogP contribution in [0.3, 0.4) is 0 Å². The summed E-state index contributed by atoms with van der Waals surface area (Å²) in [6.07, 6.45) is 1.48. The molecule has 5 nitrogen and oxygen atoms in total. The summed E-state index contributed by atoms with van der Waals surface area (Å²) >= 11 is 0. The average Bonchev–Trinajstić information content (AvgIpc) is 2.45. The van der Waals surface area contributed by atoms with Crippen LogP contribution in [0.1, 0.15) is 0 Å². The minimum absolute atomic E-state index is 0.157. The Bertz CT molecular complexity index is 509. The molecule has 0 aliphatic carbocycles. The van der Waals surface area contributed by atoms with Gasteiger partial charge in [0.1, 0.15) is 11.8 Å². The van der Waals surface area contributed by atoms with Crippen LogP contribution in [0, 0.1) is 5.92 Å². The molecule has 1 aromatic carbocycles. The minimum Gasteiger partial charge on any atom is -0.497 e. The van der Waals surface area contributed by atoms with Crippen molar-refractivity contribution in [3.05, 3.63) is 36.9 Å². The van der Waals surface area contributed by atoms with E-state index >= 15 is 0 Å². The highest BCUT2D eigenvalue weighted by Crippen LogP contribution is 2.34. The average molecular weight is 261 g/mol. The summed E-state index contributed by atoms with van der Waals surface area (Å²) in [5, 5.41) is 0. The summed E-state index contributed by atoms with van der Waals surface area (Å²) in [4.78, 5) is 25.1. The molecule has 1 amide bonds. The van der Waals surface area contributed by atoms with Crippen molar-refractivity contribution in [3.63, 3.8) is 0 Å². The van der Waals surface area contributed by atoms with Crippen molar-refractivity contribution in [1.29, 1.82) is 0 Å². The number of hydrogen-bond acceptors (Lipinski definition) is 4. The standard InChI is InChI=1S/C14H15NO4/c1-4-11-12(14(17)19-3)15(13(11)16)9-5-7-10(18-2)8-6-9/h4-8,11-12H,1H2,2-3H3/t11-,12-/m1/s1. The van der Waals surface area contributed by atoms with Crippen molar-refractivity contribution < 1.29 is 19.1 Å². The Morgan fingerprint density at radius 2 is 1.95 bits per heavy atom. The van der Waals surface area contributed by atoms with Crippen molar-refractivity contribution in [1.82, 2.24) is 0 Å². The Kier molecular flexibility index (Phi) is 3.55. The van der Waals surface area contributed by atoms with Gasteiger partial charge in [0, 0.05) is 5.69 Å². The predicted molar refractivity (Wildman–Crippen MR) is 70.0 cm³/mol. The molecular weight excluding hydrogens is 246 g/mol. The first kappa shape index (κ1) is 13.1. The fourth-order valence-electron chi connectivity index (χ4n) is 2.14. The van der Waals surface area contributed by atoms with Gasteiger partial charge in [-0.05, 0) is 24.3 Å². The fraction of sp³-hybridized carbons (Fsp3) is 0.286. The zero-order chi connectivity index (χ0) is 14.0. The molecule has 1 aliphatic heterocycles. The third-order valence-corrected chi connectivity index (χ3v) is 3.19. The van der Waals surface area contributed by atoms with Crippen LogP contribution < -0.4 is 9.64 Å². The molecule has 0 N–H and O–H groups in total. The van der Waals surface area contributed by atoms with E-state index in [0.29, 0.717) is 11.4 Å². The number of methoxy groups -OCH3 is 2. The molecule has 100 valence electrons. The highest BCUT2D eigenvalue weighted by atomic mass is 16.5. The second kappa shape index (κ2) is 5.14. The number of hydrogen-bond donors (Lipinski definition) is 0. The first-order valence-corrected chi connectivity index (χ1v) is 5.81. The molecule has 0 spiro atoms. The van der Waals surface area contributed by atoms with Crippen LogP contribution in [0.15, 0.2) is 36.9 Å². The summed E-state index contributed by atoms with van der Waals surface area (Å²) in [5.41, 5.74) is 0.638. The van der Waals surface area contributed by atoms with Crippen LogP contribution in [0.2, 0.25) is 0 Å². The van der Waals surface area contributed by atoms with E-state index in [-0.39, 0.29) is 5.91 Å². The molecule has 0 bridgehead atoms. The maximum Gasteiger partial charge on any atom is 0.330 e. The SMILES string of the molecule is C=C[C@H]1C(=O)N(c2ccc(OC)cc2)[C@H]1C(=O)OC. The van der Waals surface area contributed by atoms with E-state index in [1.165, 1.54) is 18.1 Å². The maximum absolute atomic E-state index is 12.0. The van der Waals surface area contributed by atoms with Gasteiger partial charge in [-0.15, -0.1) is 6.58 Å². The number of amides is 1. The van der Waals surface area contributed by atoms with E-state index in [1.54, 1.807) is 31.4 Å². The number of carbonyl (C=O) groups is 2. The number of rotatable bonds is 4. The lowest BCUT2D eigenvalue weighted by Crippen LogP contribution is -2.64. The topological polar surface area (TPSA) is 55.8 Å². The molecule has 1 aliphatic rings. The quantitative estimate of drug-likeness (QED) is 0.467. The Morgan fingerprint density at radius 3 is 2.42 bits per heavy atom. The summed E-state index contributed by atoms with van der Waals surface area (Å²) in [7, 11) is 2.87. The van der Waals surface area contributed by atoms with Crippen LogP contribution in [0.4, 0.5) is 5.69 Å². The third kappa shape index (κ3) is 2.07. The van der Waals surface area contributed by atoms with Gasteiger partial charge in [0.25, 0.3) is 0 Å². The van der Waals surface area contributed by atoms with Gasteiger partial charge < -0.3 is 9.47 Å². The maximum atomic E-state index is 12.0. The Balaban J connectivity index is 2.28. The van der Waals surface area contributed by atoms with Crippen LogP contribution in [0.25, 0.3) is 0 Å². The van der Waals surface area contributed by atoms with Gasteiger partial charge in [-0.3, -0.25) is 9.69 Å². The zero-order valence-electron chi connectivity index (χ0n) is 10.8. The molecule has 2 rings (SSSR count). The first-order valence-electron chi connectivity index (χ1n) is 5.81. The fourth-order valence-corrected chi connectivity index (χ4v) is 2.14. The molecular formula is C14H15NO4. The van der Waals surface area contributed by atoms with Crippen LogP contribution >= 0.6 is 0 Å². The Labute approximate surface area is 111 Å². The van der Waals surface area contributed by atoms with Gasteiger partial charge in [0.05, 0.1) is 20.1 Å². The van der Waals surface area contributed by atoms with Crippen molar-refractivity contribution >= 4 is 17.6 Å². The van der Waals surface area contributed by atoms with Crippen molar-refractivity contribution in [2.45, 2.75) is 6.04 Å². The lowest BCUT2D eigenvalue weighted by molar-refractivity contribution is -0.150. The van der Waals surface area contributed by atoms with Crippen molar-refractivity contribution in [2.24, 2.45) is 5.92 Å². The van der Waals surface area contributed by atoms with E-state index in [4.69, 9.17) is 9.47 Å². The summed E-state index contributed by atoms with van der Waals surface area (Å²) < 4.78 is 9.78. The molecule has 1 fully saturated rings. The van der Waals surface area contributed by atoms with E-state index < -0.39 is 17.9 Å². The highest BCUT2D eigenvalue weighted by molar-refractivity contribution is 6.11. The molecule has 1 aromatic rings. The normalized spacial score (nSPS) is 21.6. The number of anilines is 1. The third-order valence-electron chi connectivity index (χ3n) is 3.19. The van der Waals surface area contributed by atoms with E-state index in [2.05, 4.69) is 6.58 Å². The number of β-lactam (4-membered cyclic amide) rings is 1. The lowest BCUT2D eigenvalue weighted by atomic mass is 9.86. The predicted octanol–water partition coefficient (Wildman–Crippen LogP) is 1.39. The molecule has 0 unspecified atom stereocenters. The Hall–Kier alpha value is -2.30. The van der Waals surface area contributed by atoms with Gasteiger partial charge in [-0.25, -0.2) is 4.79 Å². The van der Waals surface area contributed by atoms with E-state index in [1.807, 2.05) is 0 Å². The van der Waals surface area contributed by atoms with Gasteiger partial charge in [-0.2, -0.15) is 0 Å². The van der Waals surface area contributed by atoms with E-state index in [9.17, 15) is 9.59 Å². The molecule has 0 radical (unpaired) electrons. The number of esters is 1. The minimum atomic E-state index is -0.636. The second-order valence-electron chi connectivity index (χ2n) is 4.14. The largest absolute Gasteiger partial charge is 0.497 e. The summed E-state index contributed by atoms with van der Waals surface area (Å²) in [5.74, 6) is -0.433. The van der Waals surface area contributed by atoms with E-state index in [0.717, 1.165) is 0 Å². The van der Waals surface area contributed by atoms with Gasteiger partial charge in [0.2, 0.25) is 5.91 Å². The molecule has 1 saturated heterocycles. The van der Waals surface area contributed by atoms with Crippen LogP contribution in [-0.2, 0) is 14.3 Å². The highest BCUT2D eigenvalue weighted by Gasteiger charge is 2.51. The summed E-state index contributed by atoms with van der Waals surface area (Å²) in [6, 6.07) is 6.29. The summed E-state index contributed by atoms with van der Waals surface area (Å²) in [6.45, 7) is 3.58. The smallest absolute Gasteiger partial charge is 0.330 e. The van der Waals surface area contributed by atoms with Gasteiger partial charge >= 0.3 is 5.97 Å². The monoisotopic (exact) mass is 261 g/mol. The second-order valence-corrected chi connectivity index (χ2v) is 4.14. The molecule has 0 saturated carbocycles. The number of ether oxygens (including phenoxy) is 2. The van der Waals surface area contributed by atoms with Gasteiger partial charge in [-0.1, -0.05) is 6.08 Å². The van der Waals surface area contributed by atoms with Gasteiger partial charge in [0.15, 0.2) is 0 Å². The Morgan fingerprint density at radius 1 is 1.32 bits per heavy atom. The van der Waals surface area contributed by atoms with Crippen molar-refractivity contribution in [3.8, 4) is 5.75 Å². The van der Waals surface area contributed by atoms with Crippen LogP contribution in [0.5, 0.6) is 5.75 Å². The molecule has 0 aromatic heterocycles.